The minimum absolute atomic E-state index is 0.0342. The number of benzene rings is 1. The van der Waals surface area contributed by atoms with Crippen LogP contribution in [0.3, 0.4) is 0 Å². The summed E-state index contributed by atoms with van der Waals surface area (Å²) in [6, 6.07) is 7.44. The molecule has 1 aromatic carbocycles. The normalized spacial score (nSPS) is 13.0. The number of rotatable bonds is 4. The number of hydrogen-bond acceptors (Lipinski definition) is 3. The lowest BCUT2D eigenvalue weighted by Crippen LogP contribution is -2.30. The van der Waals surface area contributed by atoms with Gasteiger partial charge in [-0.15, -0.1) is 0 Å². The molecule has 7 heteroatoms. The predicted molar refractivity (Wildman–Crippen MR) is 73.2 cm³/mol. The SMILES string of the molecule is CC(O)CNC(=O)c1ccc(-c2cccc(C(F)(F)F)c2)o1. The molecule has 2 N–H and O–H groups in total. The quantitative estimate of drug-likeness (QED) is 0.912. The molecule has 1 aromatic heterocycles. The van der Waals surface area contributed by atoms with E-state index in [1.54, 1.807) is 0 Å². The molecule has 2 aromatic rings. The molecule has 1 amide bonds. The van der Waals surface area contributed by atoms with Crippen LogP contribution in [0.25, 0.3) is 11.3 Å². The molecule has 0 bridgehead atoms. The van der Waals surface area contributed by atoms with Gasteiger partial charge in [-0.05, 0) is 31.2 Å². The van der Waals surface area contributed by atoms with E-state index in [1.165, 1.54) is 31.2 Å². The van der Waals surface area contributed by atoms with Crippen molar-refractivity contribution < 1.29 is 27.5 Å². The molecule has 0 fully saturated rings. The Morgan fingerprint density at radius 2 is 2.05 bits per heavy atom. The van der Waals surface area contributed by atoms with Gasteiger partial charge in [0.1, 0.15) is 5.76 Å². The minimum Gasteiger partial charge on any atom is -0.451 e. The van der Waals surface area contributed by atoms with Crippen LogP contribution in [0.2, 0.25) is 0 Å². The molecular weight excluding hydrogens is 299 g/mol. The van der Waals surface area contributed by atoms with Gasteiger partial charge in [-0.2, -0.15) is 13.2 Å². The van der Waals surface area contributed by atoms with Gasteiger partial charge in [0.2, 0.25) is 0 Å². The number of aliphatic hydroxyl groups excluding tert-OH is 1. The van der Waals surface area contributed by atoms with Gasteiger partial charge >= 0.3 is 6.18 Å². The zero-order valence-electron chi connectivity index (χ0n) is 11.6. The summed E-state index contributed by atoms with van der Waals surface area (Å²) in [7, 11) is 0. The van der Waals surface area contributed by atoms with Crippen LogP contribution >= 0.6 is 0 Å². The number of nitrogens with one attached hydrogen (secondary N) is 1. The van der Waals surface area contributed by atoms with Crippen molar-refractivity contribution in [2.75, 3.05) is 6.54 Å². The maximum absolute atomic E-state index is 12.7. The second-order valence-electron chi connectivity index (χ2n) is 4.80. The molecule has 0 saturated carbocycles. The highest BCUT2D eigenvalue weighted by atomic mass is 19.4. The Morgan fingerprint density at radius 3 is 2.68 bits per heavy atom. The van der Waals surface area contributed by atoms with Crippen LogP contribution in [0.15, 0.2) is 40.8 Å². The monoisotopic (exact) mass is 313 g/mol. The van der Waals surface area contributed by atoms with Crippen molar-refractivity contribution in [3.8, 4) is 11.3 Å². The average molecular weight is 313 g/mol. The van der Waals surface area contributed by atoms with E-state index < -0.39 is 23.8 Å². The maximum Gasteiger partial charge on any atom is 0.416 e. The molecule has 0 radical (unpaired) electrons. The summed E-state index contributed by atoms with van der Waals surface area (Å²) in [5.74, 6) is -0.416. The smallest absolute Gasteiger partial charge is 0.416 e. The summed E-state index contributed by atoms with van der Waals surface area (Å²) in [6.45, 7) is 1.56. The van der Waals surface area contributed by atoms with Crippen molar-refractivity contribution >= 4 is 5.91 Å². The zero-order chi connectivity index (χ0) is 16.3. The molecule has 1 heterocycles. The van der Waals surface area contributed by atoms with Crippen LogP contribution in [0, 0.1) is 0 Å². The lowest BCUT2D eigenvalue weighted by Gasteiger charge is -2.07. The number of aliphatic hydroxyl groups is 1. The van der Waals surface area contributed by atoms with Gasteiger partial charge in [-0.3, -0.25) is 4.79 Å². The molecule has 0 saturated heterocycles. The molecule has 0 aliphatic rings. The highest BCUT2D eigenvalue weighted by molar-refractivity contribution is 5.92. The Kier molecular flexibility index (Phi) is 4.56. The summed E-state index contributed by atoms with van der Waals surface area (Å²) in [6.07, 6.45) is -5.15. The van der Waals surface area contributed by atoms with Gasteiger partial charge in [-0.25, -0.2) is 0 Å². The van der Waals surface area contributed by atoms with Gasteiger partial charge in [0.05, 0.1) is 11.7 Å². The van der Waals surface area contributed by atoms with E-state index in [4.69, 9.17) is 9.52 Å². The Balaban J connectivity index is 2.20. The lowest BCUT2D eigenvalue weighted by atomic mass is 10.1. The second-order valence-corrected chi connectivity index (χ2v) is 4.80. The van der Waals surface area contributed by atoms with E-state index in [1.807, 2.05) is 0 Å². The highest BCUT2D eigenvalue weighted by Gasteiger charge is 2.30. The van der Waals surface area contributed by atoms with Crippen molar-refractivity contribution in [1.82, 2.24) is 5.32 Å². The third-order valence-electron chi connectivity index (χ3n) is 2.86. The molecular formula is C15H14F3NO3. The minimum atomic E-state index is -4.44. The Bertz CT molecular complexity index is 662. The van der Waals surface area contributed by atoms with E-state index in [0.29, 0.717) is 0 Å². The maximum atomic E-state index is 12.7. The molecule has 22 heavy (non-hydrogen) atoms. The number of furan rings is 1. The number of alkyl halides is 3. The summed E-state index contributed by atoms with van der Waals surface area (Å²) >= 11 is 0. The van der Waals surface area contributed by atoms with E-state index in [-0.39, 0.29) is 23.6 Å². The summed E-state index contributed by atoms with van der Waals surface area (Å²) < 4.78 is 43.3. The van der Waals surface area contributed by atoms with Crippen molar-refractivity contribution in [2.24, 2.45) is 0 Å². The van der Waals surface area contributed by atoms with Gasteiger partial charge in [0, 0.05) is 12.1 Å². The molecule has 0 aliphatic heterocycles. The van der Waals surface area contributed by atoms with Gasteiger partial charge in [0.25, 0.3) is 5.91 Å². The topological polar surface area (TPSA) is 62.5 Å². The van der Waals surface area contributed by atoms with Crippen LogP contribution in [0.5, 0.6) is 0 Å². The number of carbonyl (C=O) groups excluding carboxylic acids is 1. The predicted octanol–water partition coefficient (Wildman–Crippen LogP) is 3.08. The van der Waals surface area contributed by atoms with E-state index in [9.17, 15) is 18.0 Å². The Morgan fingerprint density at radius 1 is 1.32 bits per heavy atom. The van der Waals surface area contributed by atoms with Crippen LogP contribution in [-0.4, -0.2) is 23.7 Å². The van der Waals surface area contributed by atoms with E-state index in [0.717, 1.165) is 12.1 Å². The number of hydrogen-bond donors (Lipinski definition) is 2. The molecule has 118 valence electrons. The first kappa shape index (κ1) is 16.1. The van der Waals surface area contributed by atoms with Gasteiger partial charge in [-0.1, -0.05) is 12.1 Å². The van der Waals surface area contributed by atoms with Crippen LogP contribution < -0.4 is 5.32 Å². The molecule has 1 atom stereocenters. The average Bonchev–Trinajstić information content (AvgIpc) is 2.94. The van der Waals surface area contributed by atoms with Crippen molar-refractivity contribution in [3.63, 3.8) is 0 Å². The fourth-order valence-corrected chi connectivity index (χ4v) is 1.79. The van der Waals surface area contributed by atoms with Crippen molar-refractivity contribution in [2.45, 2.75) is 19.2 Å². The lowest BCUT2D eigenvalue weighted by molar-refractivity contribution is -0.137. The van der Waals surface area contributed by atoms with Gasteiger partial charge in [0.15, 0.2) is 5.76 Å². The molecule has 1 unspecified atom stereocenters. The third-order valence-corrected chi connectivity index (χ3v) is 2.86. The van der Waals surface area contributed by atoms with Crippen LogP contribution in [0.1, 0.15) is 23.0 Å². The first-order valence-electron chi connectivity index (χ1n) is 6.51. The van der Waals surface area contributed by atoms with Crippen LogP contribution in [-0.2, 0) is 6.18 Å². The van der Waals surface area contributed by atoms with Crippen molar-refractivity contribution in [1.29, 1.82) is 0 Å². The summed E-state index contributed by atoms with van der Waals surface area (Å²) in [5, 5.41) is 11.5. The van der Waals surface area contributed by atoms with E-state index in [2.05, 4.69) is 5.32 Å². The molecule has 0 aliphatic carbocycles. The third kappa shape index (κ3) is 3.88. The first-order valence-corrected chi connectivity index (χ1v) is 6.51. The molecule has 2 rings (SSSR count). The second kappa shape index (κ2) is 6.23. The Labute approximate surface area is 124 Å². The highest BCUT2D eigenvalue weighted by Crippen LogP contribution is 2.32. The fourth-order valence-electron chi connectivity index (χ4n) is 1.79. The van der Waals surface area contributed by atoms with Gasteiger partial charge < -0.3 is 14.8 Å². The molecule has 0 spiro atoms. The van der Waals surface area contributed by atoms with Crippen LogP contribution in [0.4, 0.5) is 13.2 Å². The van der Waals surface area contributed by atoms with Crippen molar-refractivity contribution in [3.05, 3.63) is 47.7 Å². The number of amides is 1. The first-order chi connectivity index (χ1) is 10.3. The summed E-state index contributed by atoms with van der Waals surface area (Å²) in [5.41, 5.74) is -0.564. The largest absolute Gasteiger partial charge is 0.451 e. The zero-order valence-corrected chi connectivity index (χ0v) is 11.6. The molecule has 4 nitrogen and oxygen atoms in total. The number of carbonyl (C=O) groups is 1. The fraction of sp³-hybridized carbons (Fsp3) is 0.267. The van der Waals surface area contributed by atoms with E-state index >= 15 is 0 Å². The number of halogens is 3. The summed E-state index contributed by atoms with van der Waals surface area (Å²) in [4.78, 5) is 11.7. The standard InChI is InChI=1S/C15H14F3NO3/c1-9(20)8-19-14(21)13-6-5-12(22-13)10-3-2-4-11(7-10)15(16,17)18/h2-7,9,20H,8H2,1H3,(H,19,21). The Hall–Kier alpha value is -2.28.